The molecule has 1 fully saturated rings. The van der Waals surface area contributed by atoms with Crippen LogP contribution < -0.4 is 5.73 Å². The van der Waals surface area contributed by atoms with Gasteiger partial charge in [0.25, 0.3) is 0 Å². The van der Waals surface area contributed by atoms with Crippen LogP contribution in [0.4, 0.5) is 0 Å². The monoisotopic (exact) mass is 201 g/mol. The third-order valence-corrected chi connectivity index (χ3v) is 2.92. The lowest BCUT2D eigenvalue weighted by Crippen LogP contribution is -2.27. The molecule has 1 saturated heterocycles. The van der Waals surface area contributed by atoms with Crippen LogP contribution in [0.5, 0.6) is 0 Å². The van der Waals surface area contributed by atoms with Crippen LogP contribution in [0.15, 0.2) is 0 Å². The lowest BCUT2D eigenvalue weighted by Gasteiger charge is -2.17. The first-order chi connectivity index (χ1) is 6.72. The summed E-state index contributed by atoms with van der Waals surface area (Å²) < 4.78 is 10.7. The van der Waals surface area contributed by atoms with Crippen LogP contribution in [0.1, 0.15) is 39.0 Å². The average Bonchev–Trinajstić information content (AvgIpc) is 2.67. The Morgan fingerprint density at radius 1 is 1.57 bits per heavy atom. The minimum absolute atomic E-state index is 0.258. The summed E-state index contributed by atoms with van der Waals surface area (Å²) in [4.78, 5) is 0. The highest BCUT2D eigenvalue weighted by Gasteiger charge is 2.17. The van der Waals surface area contributed by atoms with Gasteiger partial charge in [0.2, 0.25) is 0 Å². The van der Waals surface area contributed by atoms with Gasteiger partial charge in [-0.15, -0.1) is 0 Å². The predicted molar refractivity (Wildman–Crippen MR) is 57.3 cm³/mol. The van der Waals surface area contributed by atoms with Crippen molar-refractivity contribution < 1.29 is 9.47 Å². The molecule has 3 nitrogen and oxygen atoms in total. The van der Waals surface area contributed by atoms with Crippen molar-refractivity contribution in [2.75, 3.05) is 13.7 Å². The van der Waals surface area contributed by atoms with Crippen LogP contribution in [-0.2, 0) is 9.47 Å². The fraction of sp³-hybridized carbons (Fsp3) is 1.00. The zero-order valence-corrected chi connectivity index (χ0v) is 9.37. The number of hydrogen-bond donors (Lipinski definition) is 1. The molecule has 0 aliphatic carbocycles. The van der Waals surface area contributed by atoms with Crippen LogP contribution >= 0.6 is 0 Å². The van der Waals surface area contributed by atoms with E-state index in [1.165, 1.54) is 12.8 Å². The van der Waals surface area contributed by atoms with Crippen LogP contribution in [0.25, 0.3) is 0 Å². The van der Waals surface area contributed by atoms with Gasteiger partial charge in [0, 0.05) is 19.8 Å². The van der Waals surface area contributed by atoms with Gasteiger partial charge in [-0.05, 0) is 39.0 Å². The summed E-state index contributed by atoms with van der Waals surface area (Å²) in [5.74, 6) is 0. The van der Waals surface area contributed by atoms with Gasteiger partial charge in [0.15, 0.2) is 0 Å². The molecule has 2 N–H and O–H groups in total. The molecule has 84 valence electrons. The summed E-state index contributed by atoms with van der Waals surface area (Å²) in [6.45, 7) is 3.00. The zero-order chi connectivity index (χ0) is 10.4. The molecule has 0 saturated carbocycles. The molecule has 0 aromatic carbocycles. The van der Waals surface area contributed by atoms with Crippen molar-refractivity contribution in [2.24, 2.45) is 5.73 Å². The number of nitrogens with two attached hydrogens (primary N) is 1. The maximum Gasteiger partial charge on any atom is 0.0576 e. The molecule has 0 spiro atoms. The highest BCUT2D eigenvalue weighted by molar-refractivity contribution is 4.71. The second-order valence-corrected chi connectivity index (χ2v) is 4.25. The first-order valence-corrected chi connectivity index (χ1v) is 5.62. The summed E-state index contributed by atoms with van der Waals surface area (Å²) in [6.07, 6.45) is 6.29. The molecule has 1 heterocycles. The molecule has 0 aromatic heterocycles. The van der Waals surface area contributed by atoms with E-state index in [2.05, 4.69) is 6.92 Å². The van der Waals surface area contributed by atoms with E-state index in [9.17, 15) is 0 Å². The first-order valence-electron chi connectivity index (χ1n) is 5.62. The van der Waals surface area contributed by atoms with Gasteiger partial charge in [0.05, 0.1) is 12.2 Å². The van der Waals surface area contributed by atoms with Crippen molar-refractivity contribution in [3.8, 4) is 0 Å². The Morgan fingerprint density at radius 3 is 2.93 bits per heavy atom. The molecule has 1 aliphatic heterocycles. The van der Waals surface area contributed by atoms with Crippen LogP contribution in [0, 0.1) is 0 Å². The Balaban J connectivity index is 2.04. The molecule has 0 aromatic rings. The number of rotatable bonds is 6. The molecule has 3 heteroatoms. The molecule has 3 atom stereocenters. The van der Waals surface area contributed by atoms with E-state index in [4.69, 9.17) is 15.2 Å². The lowest BCUT2D eigenvalue weighted by atomic mass is 10.0. The van der Waals surface area contributed by atoms with Gasteiger partial charge < -0.3 is 15.2 Å². The van der Waals surface area contributed by atoms with Crippen molar-refractivity contribution in [3.05, 3.63) is 0 Å². The molecule has 0 amide bonds. The second-order valence-electron chi connectivity index (χ2n) is 4.25. The number of ether oxygens (including phenoxy) is 2. The fourth-order valence-electron chi connectivity index (χ4n) is 1.91. The van der Waals surface area contributed by atoms with Crippen molar-refractivity contribution in [1.82, 2.24) is 0 Å². The molecule has 1 rings (SSSR count). The summed E-state index contributed by atoms with van der Waals surface area (Å²) >= 11 is 0. The number of hydrogen-bond acceptors (Lipinski definition) is 3. The van der Waals surface area contributed by atoms with Crippen molar-refractivity contribution in [2.45, 2.75) is 57.3 Å². The predicted octanol–water partition coefficient (Wildman–Crippen LogP) is 1.70. The fourth-order valence-corrected chi connectivity index (χ4v) is 1.91. The highest BCUT2D eigenvalue weighted by atomic mass is 16.5. The molecule has 0 radical (unpaired) electrons. The Morgan fingerprint density at radius 2 is 2.36 bits per heavy atom. The normalized spacial score (nSPS) is 26.4. The first kappa shape index (κ1) is 12.0. The van der Waals surface area contributed by atoms with Gasteiger partial charge in [-0.1, -0.05) is 0 Å². The van der Waals surface area contributed by atoms with E-state index in [0.29, 0.717) is 6.10 Å². The lowest BCUT2D eigenvalue weighted by molar-refractivity contribution is 0.0884. The van der Waals surface area contributed by atoms with Crippen molar-refractivity contribution >= 4 is 0 Å². The second kappa shape index (κ2) is 6.38. The van der Waals surface area contributed by atoms with Crippen molar-refractivity contribution in [1.29, 1.82) is 0 Å². The summed E-state index contributed by atoms with van der Waals surface area (Å²) in [6, 6.07) is 0.258. The van der Waals surface area contributed by atoms with Crippen LogP contribution in [0.3, 0.4) is 0 Å². The summed E-state index contributed by atoms with van der Waals surface area (Å²) in [7, 11) is 1.73. The van der Waals surface area contributed by atoms with Crippen molar-refractivity contribution in [3.63, 3.8) is 0 Å². The molecule has 14 heavy (non-hydrogen) atoms. The third kappa shape index (κ3) is 4.40. The van der Waals surface area contributed by atoms with E-state index in [1.807, 2.05) is 0 Å². The summed E-state index contributed by atoms with van der Waals surface area (Å²) in [5.41, 5.74) is 5.99. The van der Waals surface area contributed by atoms with Crippen LogP contribution in [0.2, 0.25) is 0 Å². The Hall–Kier alpha value is -0.120. The molecule has 0 bridgehead atoms. The molecule has 3 unspecified atom stereocenters. The van der Waals surface area contributed by atoms with Gasteiger partial charge in [0.1, 0.15) is 0 Å². The van der Waals surface area contributed by atoms with E-state index in [-0.39, 0.29) is 12.1 Å². The highest BCUT2D eigenvalue weighted by Crippen LogP contribution is 2.18. The van der Waals surface area contributed by atoms with Gasteiger partial charge in [-0.25, -0.2) is 0 Å². The Labute approximate surface area is 86.9 Å². The Bertz CT molecular complexity index is 146. The Kier molecular flexibility index (Phi) is 5.45. The van der Waals surface area contributed by atoms with E-state index >= 15 is 0 Å². The quantitative estimate of drug-likeness (QED) is 0.711. The van der Waals surface area contributed by atoms with Gasteiger partial charge in [-0.3, -0.25) is 0 Å². The molecule has 1 aliphatic rings. The smallest absolute Gasteiger partial charge is 0.0576 e. The maximum absolute atomic E-state index is 5.99. The molecular formula is C11H23NO2. The third-order valence-electron chi connectivity index (χ3n) is 2.92. The van der Waals surface area contributed by atoms with Gasteiger partial charge in [-0.2, -0.15) is 0 Å². The topological polar surface area (TPSA) is 44.5 Å². The SMILES string of the molecule is COC(C)CC(N)CCC1CCCO1. The molecular weight excluding hydrogens is 178 g/mol. The standard InChI is InChI=1S/C11H23NO2/c1-9(13-2)8-10(12)5-6-11-4-3-7-14-11/h9-11H,3-8,12H2,1-2H3. The number of methoxy groups -OCH3 is 1. The van der Waals surface area contributed by atoms with E-state index < -0.39 is 0 Å². The summed E-state index contributed by atoms with van der Waals surface area (Å²) in [5, 5.41) is 0. The maximum atomic E-state index is 5.99. The zero-order valence-electron chi connectivity index (χ0n) is 9.37. The average molecular weight is 201 g/mol. The minimum Gasteiger partial charge on any atom is -0.382 e. The van der Waals surface area contributed by atoms with Gasteiger partial charge >= 0.3 is 0 Å². The van der Waals surface area contributed by atoms with E-state index in [0.717, 1.165) is 25.9 Å². The largest absolute Gasteiger partial charge is 0.382 e. The minimum atomic E-state index is 0.258. The van der Waals surface area contributed by atoms with Crippen LogP contribution in [-0.4, -0.2) is 32.0 Å². The van der Waals surface area contributed by atoms with E-state index in [1.54, 1.807) is 7.11 Å².